The summed E-state index contributed by atoms with van der Waals surface area (Å²) >= 11 is 0. The highest BCUT2D eigenvalue weighted by Crippen LogP contribution is 2.32. The molecule has 0 saturated carbocycles. The monoisotopic (exact) mass is 457 g/mol. The van der Waals surface area contributed by atoms with Crippen molar-refractivity contribution in [1.82, 2.24) is 9.62 Å². The predicted octanol–water partition coefficient (Wildman–Crippen LogP) is 1.97. The van der Waals surface area contributed by atoms with Crippen molar-refractivity contribution < 1.29 is 23.1 Å². The van der Waals surface area contributed by atoms with E-state index in [1.54, 1.807) is 6.07 Å². The number of nitrogens with one attached hydrogen (secondary N) is 1. The number of likely N-dealkylation sites (tertiary alicyclic amines) is 1. The number of carbonyl (C=O) groups is 2. The van der Waals surface area contributed by atoms with Crippen LogP contribution in [0.25, 0.3) is 0 Å². The van der Waals surface area contributed by atoms with Crippen molar-refractivity contribution in [2.45, 2.75) is 32.6 Å². The number of rotatable bonds is 5. The summed E-state index contributed by atoms with van der Waals surface area (Å²) in [5.41, 5.74) is 2.74. The fraction of sp³-hybridized carbons (Fsp3) is 0.391. The number of hydrogen-bond acceptors (Lipinski definition) is 5. The van der Waals surface area contributed by atoms with Crippen LogP contribution in [0.2, 0.25) is 0 Å². The topological polar surface area (TPSA) is 107 Å². The molecule has 2 amide bonds. The van der Waals surface area contributed by atoms with E-state index in [0.717, 1.165) is 46.9 Å². The second-order valence-electron chi connectivity index (χ2n) is 8.55. The van der Waals surface area contributed by atoms with Crippen LogP contribution in [0.15, 0.2) is 42.5 Å². The lowest BCUT2D eigenvalue weighted by atomic mass is 9.95. The van der Waals surface area contributed by atoms with Crippen molar-refractivity contribution in [3.8, 4) is 5.75 Å². The number of benzene rings is 2. The van der Waals surface area contributed by atoms with E-state index in [0.29, 0.717) is 18.8 Å². The Bertz CT molecular complexity index is 1140. The Hall–Kier alpha value is -3.07. The first-order valence-corrected chi connectivity index (χ1v) is 12.2. The van der Waals surface area contributed by atoms with Gasteiger partial charge in [0.15, 0.2) is 0 Å². The summed E-state index contributed by atoms with van der Waals surface area (Å²) in [6.45, 7) is 3.45. The number of carbonyl (C=O) groups excluding carboxylic acids is 2. The molecule has 2 N–H and O–H groups in total. The van der Waals surface area contributed by atoms with Crippen molar-refractivity contribution in [1.29, 1.82) is 0 Å². The van der Waals surface area contributed by atoms with E-state index in [1.807, 2.05) is 33.9 Å². The highest BCUT2D eigenvalue weighted by atomic mass is 32.2. The third-order valence-corrected chi connectivity index (χ3v) is 7.51. The highest BCUT2D eigenvalue weighted by molar-refractivity contribution is 7.92. The Morgan fingerprint density at radius 1 is 1.12 bits per heavy atom. The average molecular weight is 458 g/mol. The molecule has 0 radical (unpaired) electrons. The fourth-order valence-corrected chi connectivity index (χ4v) is 5.37. The van der Waals surface area contributed by atoms with Gasteiger partial charge in [-0.05, 0) is 54.0 Å². The number of anilines is 1. The minimum absolute atomic E-state index is 0.0508. The van der Waals surface area contributed by atoms with E-state index < -0.39 is 16.1 Å². The smallest absolute Gasteiger partial charge is 0.326 e. The molecule has 0 atom stereocenters. The van der Waals surface area contributed by atoms with E-state index in [1.165, 1.54) is 12.1 Å². The van der Waals surface area contributed by atoms with E-state index >= 15 is 0 Å². The Morgan fingerprint density at radius 3 is 2.44 bits per heavy atom. The largest absolute Gasteiger partial charge is 0.506 e. The lowest BCUT2D eigenvalue weighted by Gasteiger charge is -2.30. The number of piperidine rings is 1. The molecule has 2 aromatic rings. The molecule has 2 aliphatic rings. The zero-order chi connectivity index (χ0) is 22.9. The summed E-state index contributed by atoms with van der Waals surface area (Å²) in [5, 5.41) is 10.4. The van der Waals surface area contributed by atoms with Gasteiger partial charge < -0.3 is 10.0 Å². The minimum Gasteiger partial charge on any atom is -0.506 e. The van der Waals surface area contributed by atoms with Crippen molar-refractivity contribution in [2.75, 3.05) is 23.9 Å². The maximum Gasteiger partial charge on any atom is 0.326 e. The number of phenolic OH excluding ortho intramolecular Hbond substituents is 1. The molecular formula is C23H27N3O5S. The first kappa shape index (κ1) is 22.1. The minimum atomic E-state index is -3.99. The summed E-state index contributed by atoms with van der Waals surface area (Å²) < 4.78 is 26.8. The molecule has 0 aromatic heterocycles. The van der Waals surface area contributed by atoms with Crippen LogP contribution < -0.4 is 9.03 Å². The molecule has 2 saturated heterocycles. The molecule has 32 heavy (non-hydrogen) atoms. The van der Waals surface area contributed by atoms with Gasteiger partial charge in [-0.1, -0.05) is 37.3 Å². The van der Waals surface area contributed by atoms with E-state index in [-0.39, 0.29) is 23.9 Å². The number of nitrogens with zero attached hydrogens (tertiary/aromatic N) is 2. The van der Waals surface area contributed by atoms with Crippen LogP contribution in [0.4, 0.5) is 5.69 Å². The number of phenols is 1. The molecule has 170 valence electrons. The van der Waals surface area contributed by atoms with E-state index in [4.69, 9.17) is 0 Å². The first-order chi connectivity index (χ1) is 15.2. The van der Waals surface area contributed by atoms with Crippen molar-refractivity contribution in [3.05, 3.63) is 59.2 Å². The van der Waals surface area contributed by atoms with Crippen LogP contribution in [-0.2, 0) is 32.6 Å². The van der Waals surface area contributed by atoms with Gasteiger partial charge in [-0.15, -0.1) is 0 Å². The van der Waals surface area contributed by atoms with Crippen LogP contribution in [0.5, 0.6) is 5.75 Å². The van der Waals surface area contributed by atoms with E-state index in [2.05, 4.69) is 6.92 Å². The normalized spacial score (nSPS) is 18.6. The van der Waals surface area contributed by atoms with Crippen molar-refractivity contribution in [2.24, 2.45) is 5.92 Å². The second kappa shape index (κ2) is 8.82. The predicted molar refractivity (Wildman–Crippen MR) is 120 cm³/mol. The highest BCUT2D eigenvalue weighted by Gasteiger charge is 2.35. The second-order valence-corrected chi connectivity index (χ2v) is 10.1. The summed E-state index contributed by atoms with van der Waals surface area (Å²) in [6, 6.07) is 12.4. The quantitative estimate of drug-likeness (QED) is 0.714. The van der Waals surface area contributed by atoms with Gasteiger partial charge in [0.25, 0.3) is 5.91 Å². The summed E-state index contributed by atoms with van der Waals surface area (Å²) in [6.07, 6.45) is 2.88. The molecule has 0 bridgehead atoms. The van der Waals surface area contributed by atoms with Gasteiger partial charge in [0.05, 0.1) is 12.1 Å². The molecule has 2 aromatic carbocycles. The molecule has 0 unspecified atom stereocenters. The molecule has 2 heterocycles. The van der Waals surface area contributed by atoms with Gasteiger partial charge in [0.1, 0.15) is 12.3 Å². The SMILES string of the molecule is CC1CCN(C(=O)Cc2ccccc2Cc2ccc(N3CC(=O)NS3(=O)=O)c(O)c2)CC1. The molecule has 2 aliphatic heterocycles. The standard InChI is InChI=1S/C23H27N3O5S/c1-16-8-10-25(11-9-16)23(29)14-19-5-3-2-4-18(19)12-17-6-7-20(21(27)13-17)26-15-22(28)24-32(26,30)31/h2-7,13,16,27H,8-12,14-15H2,1H3,(H,24,28). The molecule has 2 fully saturated rings. The summed E-state index contributed by atoms with van der Waals surface area (Å²) in [7, 11) is -3.99. The fourth-order valence-electron chi connectivity index (χ4n) is 4.21. The first-order valence-electron chi connectivity index (χ1n) is 10.7. The van der Waals surface area contributed by atoms with Gasteiger partial charge in [-0.3, -0.25) is 9.59 Å². The van der Waals surface area contributed by atoms with Crippen molar-refractivity contribution in [3.63, 3.8) is 0 Å². The Balaban J connectivity index is 1.50. The van der Waals surface area contributed by atoms with Crippen LogP contribution in [-0.4, -0.2) is 49.9 Å². The zero-order valence-electron chi connectivity index (χ0n) is 18.0. The number of amides is 2. The Morgan fingerprint density at radius 2 is 1.81 bits per heavy atom. The van der Waals surface area contributed by atoms with Gasteiger partial charge >= 0.3 is 10.2 Å². The molecule has 4 rings (SSSR count). The van der Waals surface area contributed by atoms with Gasteiger partial charge in [0.2, 0.25) is 5.91 Å². The Labute approximate surface area is 188 Å². The molecular weight excluding hydrogens is 430 g/mol. The molecule has 9 heteroatoms. The third kappa shape index (κ3) is 4.72. The number of hydrogen-bond donors (Lipinski definition) is 2. The van der Waals surface area contributed by atoms with Gasteiger partial charge in [0, 0.05) is 13.1 Å². The van der Waals surface area contributed by atoms with Crippen LogP contribution in [0.1, 0.15) is 36.5 Å². The molecule has 0 aliphatic carbocycles. The van der Waals surface area contributed by atoms with Gasteiger partial charge in [-0.25, -0.2) is 9.03 Å². The maximum atomic E-state index is 12.8. The number of aromatic hydroxyl groups is 1. The lowest BCUT2D eigenvalue weighted by molar-refractivity contribution is -0.131. The third-order valence-electron chi connectivity index (χ3n) is 6.12. The molecule has 0 spiro atoms. The maximum absolute atomic E-state index is 12.8. The van der Waals surface area contributed by atoms with Crippen LogP contribution in [0, 0.1) is 5.92 Å². The summed E-state index contributed by atoms with van der Waals surface area (Å²) in [5.74, 6) is -0.0841. The van der Waals surface area contributed by atoms with Crippen molar-refractivity contribution >= 4 is 27.7 Å². The zero-order valence-corrected chi connectivity index (χ0v) is 18.8. The lowest BCUT2D eigenvalue weighted by Crippen LogP contribution is -2.38. The van der Waals surface area contributed by atoms with E-state index in [9.17, 15) is 23.1 Å². The average Bonchev–Trinajstić information content (AvgIpc) is 3.01. The summed E-state index contributed by atoms with van der Waals surface area (Å²) in [4.78, 5) is 26.2. The van der Waals surface area contributed by atoms with Crippen LogP contribution in [0.3, 0.4) is 0 Å². The van der Waals surface area contributed by atoms with Gasteiger partial charge in [-0.2, -0.15) is 8.42 Å². The Kier molecular flexibility index (Phi) is 6.10. The van der Waals surface area contributed by atoms with Crippen LogP contribution >= 0.6 is 0 Å². The molecule has 8 nitrogen and oxygen atoms in total.